The predicted octanol–water partition coefficient (Wildman–Crippen LogP) is 4.02. The van der Waals surface area contributed by atoms with Crippen molar-refractivity contribution in [1.29, 1.82) is 0 Å². The van der Waals surface area contributed by atoms with E-state index in [0.29, 0.717) is 12.4 Å². The number of hydrogen-bond donors (Lipinski definition) is 3. The van der Waals surface area contributed by atoms with Crippen molar-refractivity contribution in [3.05, 3.63) is 102 Å². The molecule has 3 aromatic carbocycles. The lowest BCUT2D eigenvalue weighted by atomic mass is 10.0. The molecule has 184 valence electrons. The third-order valence-electron chi connectivity index (χ3n) is 5.82. The van der Waals surface area contributed by atoms with E-state index in [1.54, 1.807) is 6.20 Å². The monoisotopic (exact) mass is 485 g/mol. The molecule has 36 heavy (non-hydrogen) atoms. The van der Waals surface area contributed by atoms with Gasteiger partial charge in [-0.05, 0) is 34.9 Å². The number of carbonyl (C=O) groups excluding carboxylic acids is 2. The van der Waals surface area contributed by atoms with Gasteiger partial charge < -0.3 is 25.0 Å². The zero-order chi connectivity index (χ0) is 25.3. The van der Waals surface area contributed by atoms with Gasteiger partial charge in [-0.3, -0.25) is 4.79 Å². The molecule has 0 aliphatic heterocycles. The van der Waals surface area contributed by atoms with Gasteiger partial charge in [0.2, 0.25) is 0 Å². The molecule has 8 heteroatoms. The second kappa shape index (κ2) is 11.7. The summed E-state index contributed by atoms with van der Waals surface area (Å²) >= 11 is 0. The van der Waals surface area contributed by atoms with Crippen LogP contribution < -0.4 is 10.1 Å². The van der Waals surface area contributed by atoms with E-state index >= 15 is 0 Å². The fourth-order valence-corrected chi connectivity index (χ4v) is 3.89. The number of ether oxygens (including phenoxy) is 2. The zero-order valence-corrected chi connectivity index (χ0v) is 19.8. The van der Waals surface area contributed by atoms with Crippen LogP contribution in [0.2, 0.25) is 0 Å². The maximum atomic E-state index is 12.9. The summed E-state index contributed by atoms with van der Waals surface area (Å²) in [5.41, 5.74) is 3.46. The van der Waals surface area contributed by atoms with E-state index in [-0.39, 0.29) is 18.6 Å². The normalized spacial score (nSPS) is 12.2. The van der Waals surface area contributed by atoms with Crippen LogP contribution in [0.3, 0.4) is 0 Å². The fraction of sp³-hybridized carbons (Fsp3) is 0.179. The quantitative estimate of drug-likeness (QED) is 0.136. The van der Waals surface area contributed by atoms with Crippen molar-refractivity contribution in [3.63, 3.8) is 0 Å². The van der Waals surface area contributed by atoms with Gasteiger partial charge in [-0.15, -0.1) is 0 Å². The third-order valence-corrected chi connectivity index (χ3v) is 5.82. The van der Waals surface area contributed by atoms with Gasteiger partial charge in [-0.2, -0.15) is 0 Å². The summed E-state index contributed by atoms with van der Waals surface area (Å²) in [6.07, 6.45) is 2.05. The van der Waals surface area contributed by atoms with E-state index in [4.69, 9.17) is 9.47 Å². The second-order valence-electron chi connectivity index (χ2n) is 8.25. The van der Waals surface area contributed by atoms with Gasteiger partial charge >= 0.3 is 5.97 Å². The summed E-state index contributed by atoms with van der Waals surface area (Å²) in [6, 6.07) is 23.8. The minimum Gasteiger partial charge on any atom is -0.489 e. The predicted molar refractivity (Wildman–Crippen MR) is 136 cm³/mol. The first kappa shape index (κ1) is 24.5. The van der Waals surface area contributed by atoms with Crippen LogP contribution in [0.4, 0.5) is 0 Å². The molecule has 1 aromatic heterocycles. The molecule has 0 fully saturated rings. The number of para-hydroxylation sites is 1. The maximum Gasteiger partial charge on any atom is 0.328 e. The van der Waals surface area contributed by atoms with Crippen molar-refractivity contribution < 1.29 is 24.3 Å². The third kappa shape index (κ3) is 6.09. The minimum atomic E-state index is -0.960. The van der Waals surface area contributed by atoms with Crippen molar-refractivity contribution >= 4 is 28.5 Å². The van der Waals surface area contributed by atoms with Crippen LogP contribution in [0, 0.1) is 0 Å². The first-order chi connectivity index (χ1) is 17.6. The van der Waals surface area contributed by atoms with Crippen LogP contribution in [0.1, 0.15) is 16.7 Å². The van der Waals surface area contributed by atoms with Crippen LogP contribution in [-0.2, 0) is 33.8 Å². The van der Waals surface area contributed by atoms with E-state index in [0.717, 1.165) is 27.6 Å². The molecule has 0 radical (unpaired) electrons. The number of fused-ring (bicyclic) bond motifs is 1. The fourth-order valence-electron chi connectivity index (χ4n) is 3.89. The Labute approximate surface area is 208 Å². The van der Waals surface area contributed by atoms with E-state index in [2.05, 4.69) is 15.5 Å². The number of nitrogens with one attached hydrogen (secondary N) is 2. The molecule has 1 heterocycles. The smallest absolute Gasteiger partial charge is 0.328 e. The highest BCUT2D eigenvalue weighted by Crippen LogP contribution is 2.19. The number of carbonyl (C=O) groups is 2. The highest BCUT2D eigenvalue weighted by molar-refractivity contribution is 6.39. The van der Waals surface area contributed by atoms with E-state index in [9.17, 15) is 14.8 Å². The number of esters is 1. The van der Waals surface area contributed by atoms with Crippen molar-refractivity contribution in [1.82, 2.24) is 10.3 Å². The molecule has 4 rings (SSSR count). The first-order valence-electron chi connectivity index (χ1n) is 11.5. The summed E-state index contributed by atoms with van der Waals surface area (Å²) in [7, 11) is 1.26. The van der Waals surface area contributed by atoms with Gasteiger partial charge in [0, 0.05) is 29.9 Å². The van der Waals surface area contributed by atoms with Crippen molar-refractivity contribution in [3.8, 4) is 5.75 Å². The Kier molecular flexibility index (Phi) is 7.97. The van der Waals surface area contributed by atoms with Gasteiger partial charge in [0.25, 0.3) is 5.91 Å². The molecular weight excluding hydrogens is 458 g/mol. The number of oxime groups is 1. The molecular formula is C28H27N3O5. The topological polar surface area (TPSA) is 113 Å². The minimum absolute atomic E-state index is 0.0910. The lowest BCUT2D eigenvalue weighted by Crippen LogP contribution is -2.46. The molecule has 1 amide bonds. The van der Waals surface area contributed by atoms with E-state index in [1.165, 1.54) is 7.11 Å². The lowest BCUT2D eigenvalue weighted by molar-refractivity contribution is -0.144. The summed E-state index contributed by atoms with van der Waals surface area (Å²) in [5.74, 6) is -0.562. The Balaban J connectivity index is 1.39. The van der Waals surface area contributed by atoms with Crippen molar-refractivity contribution in [2.24, 2.45) is 5.16 Å². The Morgan fingerprint density at radius 2 is 1.69 bits per heavy atom. The maximum absolute atomic E-state index is 12.9. The molecule has 0 bridgehead atoms. The molecule has 3 N–H and O–H groups in total. The van der Waals surface area contributed by atoms with Gasteiger partial charge in [-0.1, -0.05) is 65.8 Å². The largest absolute Gasteiger partial charge is 0.489 e. The van der Waals surface area contributed by atoms with Crippen molar-refractivity contribution in [2.75, 3.05) is 7.11 Å². The lowest BCUT2D eigenvalue weighted by Gasteiger charge is -2.17. The van der Waals surface area contributed by atoms with E-state index < -0.39 is 17.9 Å². The molecule has 0 aliphatic carbocycles. The summed E-state index contributed by atoms with van der Waals surface area (Å²) in [6.45, 7) is 0.445. The van der Waals surface area contributed by atoms with Gasteiger partial charge in [0.05, 0.1) is 7.11 Å². The van der Waals surface area contributed by atoms with E-state index in [1.807, 2.05) is 78.9 Å². The van der Waals surface area contributed by atoms with Crippen molar-refractivity contribution in [2.45, 2.75) is 25.5 Å². The average Bonchev–Trinajstić information content (AvgIpc) is 3.33. The zero-order valence-electron chi connectivity index (χ0n) is 19.8. The number of methoxy groups -OCH3 is 1. The molecule has 4 aromatic rings. The molecule has 0 saturated carbocycles. The highest BCUT2D eigenvalue weighted by atomic mass is 16.5. The van der Waals surface area contributed by atoms with Gasteiger partial charge in [0.15, 0.2) is 0 Å². The Hall–Kier alpha value is -4.59. The first-order valence-corrected chi connectivity index (χ1v) is 11.5. The van der Waals surface area contributed by atoms with Crippen LogP contribution >= 0.6 is 0 Å². The second-order valence-corrected chi connectivity index (χ2v) is 8.25. The molecule has 0 spiro atoms. The number of H-pyrrole nitrogens is 1. The molecule has 0 unspecified atom stereocenters. The van der Waals surface area contributed by atoms with Gasteiger partial charge in [0.1, 0.15) is 24.1 Å². The molecule has 8 nitrogen and oxygen atoms in total. The molecule has 1 atom stereocenters. The number of amides is 1. The summed E-state index contributed by atoms with van der Waals surface area (Å²) in [4.78, 5) is 28.4. The SMILES string of the molecule is COC(=O)[C@H](Cc1ccc(OCc2ccccc2)cc1)NC(=O)C(Cc1c[nH]c2ccccc12)=NO. The number of aromatic amines is 1. The van der Waals surface area contributed by atoms with Gasteiger partial charge in [-0.25, -0.2) is 4.79 Å². The number of aromatic nitrogens is 1. The summed E-state index contributed by atoms with van der Waals surface area (Å²) in [5, 5.41) is 16.3. The Morgan fingerprint density at radius 3 is 2.42 bits per heavy atom. The van der Waals surface area contributed by atoms with Crippen LogP contribution in [0.15, 0.2) is 90.2 Å². The van der Waals surface area contributed by atoms with Crippen LogP contribution in [0.5, 0.6) is 5.75 Å². The van der Waals surface area contributed by atoms with Crippen LogP contribution in [-0.4, -0.2) is 40.9 Å². The highest BCUT2D eigenvalue weighted by Gasteiger charge is 2.25. The molecule has 0 saturated heterocycles. The summed E-state index contributed by atoms with van der Waals surface area (Å²) < 4.78 is 10.7. The average molecular weight is 486 g/mol. The van der Waals surface area contributed by atoms with Crippen LogP contribution in [0.25, 0.3) is 10.9 Å². The Morgan fingerprint density at radius 1 is 0.972 bits per heavy atom. The Bertz CT molecular complexity index is 1350. The number of nitrogens with zero attached hydrogens (tertiary/aromatic N) is 1. The number of hydrogen-bond acceptors (Lipinski definition) is 6. The molecule has 0 aliphatic rings. The number of benzene rings is 3. The number of rotatable bonds is 10. The standard InChI is InChI=1S/C28H27N3O5/c1-35-28(33)26(15-19-11-13-22(14-12-19)36-18-20-7-3-2-4-8-20)30-27(32)25(31-34)16-21-17-29-24-10-6-5-9-23(21)24/h2-14,17,26,29,34H,15-16,18H2,1H3,(H,30,32)/t26-/m0/s1.